The van der Waals surface area contributed by atoms with Crippen molar-refractivity contribution in [2.24, 2.45) is 5.41 Å². The van der Waals surface area contributed by atoms with E-state index in [4.69, 9.17) is 4.74 Å². The van der Waals surface area contributed by atoms with Crippen LogP contribution in [0.15, 0.2) is 0 Å². The largest absolute Gasteiger partial charge is 0.377 e. The minimum Gasteiger partial charge on any atom is -0.377 e. The van der Waals surface area contributed by atoms with Gasteiger partial charge in [0.25, 0.3) is 0 Å². The Morgan fingerprint density at radius 1 is 1.21 bits per heavy atom. The van der Waals surface area contributed by atoms with Crippen LogP contribution >= 0.6 is 0 Å². The van der Waals surface area contributed by atoms with Gasteiger partial charge in [0.2, 0.25) is 0 Å². The molecule has 1 atom stereocenters. The zero-order valence-corrected chi connectivity index (χ0v) is 10.7. The Balaban J connectivity index is 3.69. The van der Waals surface area contributed by atoms with Gasteiger partial charge < -0.3 is 10.1 Å². The Bertz CT molecular complexity index is 138. The lowest BCUT2D eigenvalue weighted by atomic mass is 9.89. The van der Waals surface area contributed by atoms with Crippen LogP contribution in [0.1, 0.15) is 47.5 Å². The van der Waals surface area contributed by atoms with Crippen LogP contribution in [0.3, 0.4) is 0 Å². The highest BCUT2D eigenvalue weighted by Gasteiger charge is 2.14. The van der Waals surface area contributed by atoms with Crippen LogP contribution in [0, 0.1) is 5.41 Å². The molecule has 2 nitrogen and oxygen atoms in total. The summed E-state index contributed by atoms with van der Waals surface area (Å²) in [7, 11) is 2.01. The van der Waals surface area contributed by atoms with Crippen molar-refractivity contribution in [2.75, 3.05) is 13.7 Å². The fourth-order valence-electron chi connectivity index (χ4n) is 1.23. The third kappa shape index (κ3) is 8.52. The Kier molecular flexibility index (Phi) is 6.38. The molecule has 0 saturated heterocycles. The Morgan fingerprint density at radius 2 is 1.79 bits per heavy atom. The van der Waals surface area contributed by atoms with Gasteiger partial charge in [0.15, 0.2) is 0 Å². The van der Waals surface area contributed by atoms with E-state index in [1.165, 1.54) is 12.8 Å². The number of likely N-dealkylation sites (N-methyl/N-ethyl adjacent to an activating group) is 1. The first-order valence-corrected chi connectivity index (χ1v) is 5.64. The van der Waals surface area contributed by atoms with Crippen molar-refractivity contribution >= 4 is 0 Å². The van der Waals surface area contributed by atoms with Crippen molar-refractivity contribution in [1.29, 1.82) is 0 Å². The van der Waals surface area contributed by atoms with Crippen LogP contribution in [-0.4, -0.2) is 25.8 Å². The van der Waals surface area contributed by atoms with Gasteiger partial charge in [-0.1, -0.05) is 20.8 Å². The first-order valence-electron chi connectivity index (χ1n) is 5.64. The van der Waals surface area contributed by atoms with E-state index in [1.54, 1.807) is 0 Å². The molecule has 0 heterocycles. The Morgan fingerprint density at radius 3 is 2.14 bits per heavy atom. The highest BCUT2D eigenvalue weighted by molar-refractivity contribution is 4.69. The molecule has 0 saturated carbocycles. The van der Waals surface area contributed by atoms with Crippen molar-refractivity contribution in [1.82, 2.24) is 5.32 Å². The maximum atomic E-state index is 5.60. The van der Waals surface area contributed by atoms with E-state index in [-0.39, 0.29) is 0 Å². The second-order valence-electron chi connectivity index (χ2n) is 5.47. The van der Waals surface area contributed by atoms with Crippen molar-refractivity contribution in [3.05, 3.63) is 0 Å². The first kappa shape index (κ1) is 13.9. The van der Waals surface area contributed by atoms with Gasteiger partial charge in [-0.05, 0) is 39.2 Å². The van der Waals surface area contributed by atoms with E-state index in [0.717, 1.165) is 6.61 Å². The Labute approximate surface area is 89.4 Å². The first-order chi connectivity index (χ1) is 6.35. The third-order valence-corrected chi connectivity index (χ3v) is 2.28. The van der Waals surface area contributed by atoms with Crippen LogP contribution < -0.4 is 5.32 Å². The monoisotopic (exact) mass is 201 g/mol. The number of hydrogen-bond acceptors (Lipinski definition) is 2. The van der Waals surface area contributed by atoms with Crippen molar-refractivity contribution in [3.63, 3.8) is 0 Å². The number of nitrogens with one attached hydrogen (secondary N) is 1. The van der Waals surface area contributed by atoms with Crippen molar-refractivity contribution < 1.29 is 4.74 Å². The Hall–Kier alpha value is -0.0800. The predicted molar refractivity (Wildman–Crippen MR) is 62.6 cm³/mol. The summed E-state index contributed by atoms with van der Waals surface area (Å²) >= 11 is 0. The molecular weight excluding hydrogens is 174 g/mol. The smallest absolute Gasteiger partial charge is 0.0622 e. The van der Waals surface area contributed by atoms with Crippen LogP contribution in [0.25, 0.3) is 0 Å². The molecule has 0 bridgehead atoms. The summed E-state index contributed by atoms with van der Waals surface area (Å²) in [6, 6.07) is 0.497. The van der Waals surface area contributed by atoms with E-state index in [2.05, 4.69) is 39.9 Å². The molecule has 0 aliphatic heterocycles. The summed E-state index contributed by atoms with van der Waals surface area (Å²) in [5, 5.41) is 3.30. The fraction of sp³-hybridized carbons (Fsp3) is 1.00. The lowest BCUT2D eigenvalue weighted by molar-refractivity contribution is 0.0588. The zero-order chi connectivity index (χ0) is 11.2. The van der Waals surface area contributed by atoms with E-state index in [1.807, 2.05) is 7.05 Å². The van der Waals surface area contributed by atoms with Gasteiger partial charge in [0, 0.05) is 6.04 Å². The highest BCUT2D eigenvalue weighted by atomic mass is 16.5. The van der Waals surface area contributed by atoms with E-state index in [9.17, 15) is 0 Å². The van der Waals surface area contributed by atoms with Gasteiger partial charge in [-0.25, -0.2) is 0 Å². The molecule has 0 fully saturated rings. The minimum atomic E-state index is 0.334. The maximum absolute atomic E-state index is 5.60. The fourth-order valence-corrected chi connectivity index (χ4v) is 1.23. The van der Waals surface area contributed by atoms with Gasteiger partial charge in [0.05, 0.1) is 12.7 Å². The molecule has 0 amide bonds. The lowest BCUT2D eigenvalue weighted by Gasteiger charge is -2.23. The molecule has 2 heteroatoms. The normalized spacial score (nSPS) is 14.8. The topological polar surface area (TPSA) is 21.3 Å². The van der Waals surface area contributed by atoms with Crippen molar-refractivity contribution in [2.45, 2.75) is 59.6 Å². The van der Waals surface area contributed by atoms with Crippen LogP contribution in [0.2, 0.25) is 0 Å². The van der Waals surface area contributed by atoms with Crippen LogP contribution in [0.5, 0.6) is 0 Å². The van der Waals surface area contributed by atoms with Crippen LogP contribution in [0.4, 0.5) is 0 Å². The number of hydrogen-bond donors (Lipinski definition) is 1. The quantitative estimate of drug-likeness (QED) is 0.713. The molecule has 86 valence electrons. The molecule has 0 aliphatic carbocycles. The highest BCUT2D eigenvalue weighted by Crippen LogP contribution is 2.21. The minimum absolute atomic E-state index is 0.334. The second-order valence-corrected chi connectivity index (χ2v) is 5.47. The van der Waals surface area contributed by atoms with Gasteiger partial charge in [-0.15, -0.1) is 0 Å². The molecule has 0 aromatic carbocycles. The summed E-state index contributed by atoms with van der Waals surface area (Å²) in [6.45, 7) is 11.8. The molecule has 1 unspecified atom stereocenters. The van der Waals surface area contributed by atoms with Gasteiger partial charge in [-0.3, -0.25) is 0 Å². The second kappa shape index (κ2) is 6.41. The number of rotatable bonds is 6. The summed E-state index contributed by atoms with van der Waals surface area (Å²) in [6.07, 6.45) is 2.76. The third-order valence-electron chi connectivity index (χ3n) is 2.28. The lowest BCUT2D eigenvalue weighted by Crippen LogP contribution is -2.32. The van der Waals surface area contributed by atoms with E-state index in [0.29, 0.717) is 17.6 Å². The van der Waals surface area contributed by atoms with Gasteiger partial charge in [0.1, 0.15) is 0 Å². The van der Waals surface area contributed by atoms with E-state index >= 15 is 0 Å². The number of ether oxygens (including phenoxy) is 1. The molecule has 0 aromatic rings. The van der Waals surface area contributed by atoms with Crippen LogP contribution in [-0.2, 0) is 4.74 Å². The predicted octanol–water partition coefficient (Wildman–Crippen LogP) is 2.83. The molecule has 0 aromatic heterocycles. The maximum Gasteiger partial charge on any atom is 0.0622 e. The summed E-state index contributed by atoms with van der Waals surface area (Å²) < 4.78 is 5.60. The molecule has 0 aliphatic rings. The average molecular weight is 201 g/mol. The molecular formula is C12H27NO. The standard InChI is InChI=1S/C12H27NO/c1-10(2)14-9-11(13-6)7-8-12(3,4)5/h10-11,13H,7-9H2,1-6H3. The molecule has 1 N–H and O–H groups in total. The van der Waals surface area contributed by atoms with E-state index < -0.39 is 0 Å². The molecule has 0 rings (SSSR count). The van der Waals surface area contributed by atoms with Crippen molar-refractivity contribution in [3.8, 4) is 0 Å². The van der Waals surface area contributed by atoms with Gasteiger partial charge in [-0.2, -0.15) is 0 Å². The zero-order valence-electron chi connectivity index (χ0n) is 10.7. The SMILES string of the molecule is CNC(CCC(C)(C)C)COC(C)C. The summed E-state index contributed by atoms with van der Waals surface area (Å²) in [4.78, 5) is 0. The average Bonchev–Trinajstić information content (AvgIpc) is 2.02. The summed E-state index contributed by atoms with van der Waals surface area (Å²) in [5.41, 5.74) is 0.424. The summed E-state index contributed by atoms with van der Waals surface area (Å²) in [5.74, 6) is 0. The van der Waals surface area contributed by atoms with Gasteiger partial charge >= 0.3 is 0 Å². The molecule has 0 radical (unpaired) electrons. The molecule has 0 spiro atoms. The molecule has 14 heavy (non-hydrogen) atoms.